The van der Waals surface area contributed by atoms with Gasteiger partial charge >= 0.3 is 0 Å². The molecule has 4 nitrogen and oxygen atoms in total. The van der Waals surface area contributed by atoms with Gasteiger partial charge in [0.05, 0.1) is 19.3 Å². The molecule has 18 heavy (non-hydrogen) atoms. The molecule has 0 bridgehead atoms. The third-order valence-corrected chi connectivity index (χ3v) is 3.06. The van der Waals surface area contributed by atoms with Gasteiger partial charge in [0, 0.05) is 11.1 Å². The molecule has 0 fully saturated rings. The predicted molar refractivity (Wildman–Crippen MR) is 73.2 cm³/mol. The lowest BCUT2D eigenvalue weighted by Crippen LogP contribution is -2.23. The Balaban J connectivity index is 2.91. The number of nitrogen functional groups attached to an aromatic ring is 1. The second-order valence-electron chi connectivity index (χ2n) is 4.84. The molecule has 100 valence electrons. The fraction of sp³-hybridized carbons (Fsp3) is 0.500. The minimum atomic E-state index is -0.169. The van der Waals surface area contributed by atoms with Gasteiger partial charge in [0.1, 0.15) is 11.6 Å². The van der Waals surface area contributed by atoms with Crippen molar-refractivity contribution in [2.24, 2.45) is 5.73 Å². The molecule has 0 aromatic heterocycles. The summed E-state index contributed by atoms with van der Waals surface area (Å²) in [5.41, 5.74) is 6.91. The molecule has 0 heterocycles. The molecule has 0 amide bonds. The van der Waals surface area contributed by atoms with E-state index in [1.807, 2.05) is 26.0 Å². The third kappa shape index (κ3) is 3.74. The van der Waals surface area contributed by atoms with Crippen molar-refractivity contribution in [2.75, 3.05) is 7.11 Å². The zero-order chi connectivity index (χ0) is 13.8. The average Bonchev–Trinajstić information content (AvgIpc) is 2.36. The SMILES string of the molecule is CCC(C)(C)OCc1cc(C(=N)N)ccc1OC. The fourth-order valence-corrected chi connectivity index (χ4v) is 1.43. The largest absolute Gasteiger partial charge is 0.496 e. The summed E-state index contributed by atoms with van der Waals surface area (Å²) in [6.45, 7) is 6.64. The van der Waals surface area contributed by atoms with Crippen LogP contribution < -0.4 is 10.5 Å². The number of nitrogens with one attached hydrogen (secondary N) is 1. The Hall–Kier alpha value is -1.55. The maximum Gasteiger partial charge on any atom is 0.124 e. The molecule has 1 aromatic rings. The Kier molecular flexibility index (Phi) is 4.73. The summed E-state index contributed by atoms with van der Waals surface area (Å²) in [5, 5.41) is 7.45. The number of methoxy groups -OCH3 is 1. The van der Waals surface area contributed by atoms with Gasteiger partial charge in [0.15, 0.2) is 0 Å². The number of hydrogen-bond donors (Lipinski definition) is 2. The standard InChI is InChI=1S/C14H22N2O2/c1-5-14(2,3)18-9-11-8-10(13(15)16)6-7-12(11)17-4/h6-8H,5,9H2,1-4H3,(H3,15,16). The lowest BCUT2D eigenvalue weighted by atomic mass is 10.1. The van der Waals surface area contributed by atoms with Crippen molar-refractivity contribution in [1.29, 1.82) is 5.41 Å². The van der Waals surface area contributed by atoms with E-state index in [4.69, 9.17) is 20.6 Å². The van der Waals surface area contributed by atoms with E-state index in [-0.39, 0.29) is 11.4 Å². The highest BCUT2D eigenvalue weighted by Gasteiger charge is 2.16. The normalized spacial score (nSPS) is 11.3. The molecule has 0 saturated carbocycles. The van der Waals surface area contributed by atoms with Gasteiger partial charge in [0.25, 0.3) is 0 Å². The molecule has 3 N–H and O–H groups in total. The van der Waals surface area contributed by atoms with Crippen molar-refractivity contribution in [3.63, 3.8) is 0 Å². The van der Waals surface area contributed by atoms with Gasteiger partial charge in [-0.25, -0.2) is 0 Å². The number of benzene rings is 1. The highest BCUT2D eigenvalue weighted by atomic mass is 16.5. The van der Waals surface area contributed by atoms with Gasteiger partial charge in [-0.1, -0.05) is 6.92 Å². The number of rotatable bonds is 6. The van der Waals surface area contributed by atoms with E-state index in [0.29, 0.717) is 12.2 Å². The zero-order valence-electron chi connectivity index (χ0n) is 11.5. The van der Waals surface area contributed by atoms with Gasteiger partial charge < -0.3 is 15.2 Å². The first kappa shape index (κ1) is 14.5. The van der Waals surface area contributed by atoms with Crippen LogP contribution in [0.4, 0.5) is 0 Å². The Bertz CT molecular complexity index is 428. The predicted octanol–water partition coefficient (Wildman–Crippen LogP) is 2.68. The monoisotopic (exact) mass is 250 g/mol. The van der Waals surface area contributed by atoms with E-state index < -0.39 is 0 Å². The molecule has 0 unspecified atom stereocenters. The average molecular weight is 250 g/mol. The molecule has 0 aliphatic heterocycles. The number of ether oxygens (including phenoxy) is 2. The van der Waals surface area contributed by atoms with Crippen LogP contribution in [0.3, 0.4) is 0 Å². The highest BCUT2D eigenvalue weighted by Crippen LogP contribution is 2.24. The van der Waals surface area contributed by atoms with Crippen LogP contribution in [0.5, 0.6) is 5.75 Å². The van der Waals surface area contributed by atoms with E-state index in [1.165, 1.54) is 0 Å². The molecule has 0 spiro atoms. The Labute approximate surface area is 109 Å². The number of hydrogen-bond acceptors (Lipinski definition) is 3. The topological polar surface area (TPSA) is 68.3 Å². The molecule has 0 radical (unpaired) electrons. The third-order valence-electron chi connectivity index (χ3n) is 3.06. The van der Waals surface area contributed by atoms with Crippen molar-refractivity contribution in [2.45, 2.75) is 39.4 Å². The molecular weight excluding hydrogens is 228 g/mol. The van der Waals surface area contributed by atoms with Crippen molar-refractivity contribution in [1.82, 2.24) is 0 Å². The van der Waals surface area contributed by atoms with E-state index in [1.54, 1.807) is 13.2 Å². The van der Waals surface area contributed by atoms with Crippen LogP contribution in [0, 0.1) is 5.41 Å². The second-order valence-corrected chi connectivity index (χ2v) is 4.84. The highest BCUT2D eigenvalue weighted by molar-refractivity contribution is 5.95. The molecule has 0 aliphatic rings. The van der Waals surface area contributed by atoms with Crippen LogP contribution in [0.25, 0.3) is 0 Å². The van der Waals surface area contributed by atoms with Crippen LogP contribution in [0.15, 0.2) is 18.2 Å². The van der Waals surface area contributed by atoms with E-state index in [2.05, 4.69) is 6.92 Å². The molecule has 1 aromatic carbocycles. The quantitative estimate of drug-likeness (QED) is 0.602. The molecule has 0 atom stereocenters. The first-order valence-corrected chi connectivity index (χ1v) is 6.05. The number of amidine groups is 1. The smallest absolute Gasteiger partial charge is 0.124 e. The summed E-state index contributed by atoms with van der Waals surface area (Å²) >= 11 is 0. The summed E-state index contributed by atoms with van der Waals surface area (Å²) in [4.78, 5) is 0. The van der Waals surface area contributed by atoms with Crippen molar-refractivity contribution in [3.05, 3.63) is 29.3 Å². The first-order valence-electron chi connectivity index (χ1n) is 6.05. The van der Waals surface area contributed by atoms with Gasteiger partial charge in [-0.15, -0.1) is 0 Å². The zero-order valence-corrected chi connectivity index (χ0v) is 11.5. The summed E-state index contributed by atoms with van der Waals surface area (Å²) in [6, 6.07) is 5.43. The van der Waals surface area contributed by atoms with Crippen LogP contribution in [-0.4, -0.2) is 18.5 Å². The fourth-order valence-electron chi connectivity index (χ4n) is 1.43. The number of nitrogens with two attached hydrogens (primary N) is 1. The molecule has 0 aliphatic carbocycles. The minimum Gasteiger partial charge on any atom is -0.496 e. The molecular formula is C14H22N2O2. The summed E-state index contributed by atoms with van der Waals surface area (Å²) in [5.74, 6) is 0.806. The van der Waals surface area contributed by atoms with Gasteiger partial charge in [-0.3, -0.25) is 5.41 Å². The Morgan fingerprint density at radius 3 is 2.56 bits per heavy atom. The first-order chi connectivity index (χ1) is 8.39. The van der Waals surface area contributed by atoms with Gasteiger partial charge in [-0.05, 0) is 38.5 Å². The van der Waals surface area contributed by atoms with Gasteiger partial charge in [0.2, 0.25) is 0 Å². The van der Waals surface area contributed by atoms with E-state index >= 15 is 0 Å². The summed E-state index contributed by atoms with van der Waals surface area (Å²) < 4.78 is 11.1. The van der Waals surface area contributed by atoms with Crippen LogP contribution >= 0.6 is 0 Å². The van der Waals surface area contributed by atoms with Crippen LogP contribution in [0.1, 0.15) is 38.3 Å². The molecule has 4 heteroatoms. The summed E-state index contributed by atoms with van der Waals surface area (Å²) in [7, 11) is 1.62. The second kappa shape index (κ2) is 5.87. The molecule has 1 rings (SSSR count). The maximum atomic E-state index is 7.45. The lowest BCUT2D eigenvalue weighted by molar-refractivity contribution is -0.0322. The van der Waals surface area contributed by atoms with Gasteiger partial charge in [-0.2, -0.15) is 0 Å². The van der Waals surface area contributed by atoms with Crippen LogP contribution in [0.2, 0.25) is 0 Å². The maximum absolute atomic E-state index is 7.45. The minimum absolute atomic E-state index is 0.0497. The lowest BCUT2D eigenvalue weighted by Gasteiger charge is -2.24. The van der Waals surface area contributed by atoms with Crippen molar-refractivity contribution >= 4 is 5.84 Å². The van der Waals surface area contributed by atoms with Crippen molar-refractivity contribution in [3.8, 4) is 5.75 Å². The van der Waals surface area contributed by atoms with E-state index in [0.717, 1.165) is 17.7 Å². The molecule has 0 saturated heterocycles. The Morgan fingerprint density at radius 2 is 2.06 bits per heavy atom. The van der Waals surface area contributed by atoms with Crippen LogP contribution in [-0.2, 0) is 11.3 Å². The van der Waals surface area contributed by atoms with Crippen molar-refractivity contribution < 1.29 is 9.47 Å². The Morgan fingerprint density at radius 1 is 1.39 bits per heavy atom. The summed E-state index contributed by atoms with van der Waals surface area (Å²) in [6.07, 6.45) is 0.932. The van der Waals surface area contributed by atoms with E-state index in [9.17, 15) is 0 Å².